The number of ether oxygens (including phenoxy) is 2. The summed E-state index contributed by atoms with van der Waals surface area (Å²) in [6.07, 6.45) is 0.808. The third kappa shape index (κ3) is 38.1. The predicted octanol–water partition coefficient (Wildman–Crippen LogP) is 0.506. The van der Waals surface area contributed by atoms with E-state index in [1.165, 1.54) is 6.07 Å². The maximum absolute atomic E-state index is 10.6. The van der Waals surface area contributed by atoms with Gasteiger partial charge in [-0.05, 0) is 6.42 Å². The second-order valence-corrected chi connectivity index (χ2v) is 3.41. The van der Waals surface area contributed by atoms with Gasteiger partial charge < -0.3 is 19.7 Å². The minimum absolute atomic E-state index is 0.000417. The van der Waals surface area contributed by atoms with Crippen molar-refractivity contribution >= 4 is 11.8 Å². The number of nitriles is 2. The van der Waals surface area contributed by atoms with Gasteiger partial charge in [-0.1, -0.05) is 0 Å². The Morgan fingerprint density at radius 3 is 1.81 bits per heavy atom. The monoisotopic (exact) mass is 302 g/mol. The first kappa shape index (κ1) is 24.0. The number of carboxylic acids is 1. The van der Waals surface area contributed by atoms with Crippen LogP contribution < -0.4 is 0 Å². The van der Waals surface area contributed by atoms with Crippen molar-refractivity contribution in [1.82, 2.24) is 0 Å². The lowest BCUT2D eigenvalue weighted by molar-refractivity contribution is -0.135. The molecule has 120 valence electrons. The van der Waals surface area contributed by atoms with Crippen LogP contribution in [0.1, 0.15) is 25.7 Å². The van der Waals surface area contributed by atoms with Crippen LogP contribution in [-0.2, 0) is 19.1 Å². The molecular weight excluding hydrogens is 280 g/mol. The molecule has 0 aromatic heterocycles. The van der Waals surface area contributed by atoms with Crippen LogP contribution in [0.3, 0.4) is 0 Å². The van der Waals surface area contributed by atoms with E-state index in [4.69, 9.17) is 25.5 Å². The van der Waals surface area contributed by atoms with Crippen LogP contribution >= 0.6 is 0 Å². The third-order valence-electron chi connectivity index (χ3n) is 1.61. The molecule has 0 aromatic rings. The number of aliphatic carboxylic acids is 1. The number of aliphatic hydroxyl groups excluding tert-OH is 1. The zero-order valence-corrected chi connectivity index (χ0v) is 12.4. The Kier molecular flexibility index (Phi) is 26.5. The first-order valence-electron chi connectivity index (χ1n) is 6.06. The number of carbonyl (C=O) groups excluding carboxylic acids is 1. The summed E-state index contributed by atoms with van der Waals surface area (Å²) in [5.74, 6) is -1.07. The van der Waals surface area contributed by atoms with Gasteiger partial charge in [-0.3, -0.25) is 9.59 Å². The summed E-state index contributed by atoms with van der Waals surface area (Å²) >= 11 is 0. The summed E-state index contributed by atoms with van der Waals surface area (Å²) in [5, 5.41) is 31.3. The lowest BCUT2D eigenvalue weighted by atomic mass is 10.2. The molecule has 0 saturated carbocycles. The predicted molar refractivity (Wildman–Crippen MR) is 73.2 cm³/mol. The zero-order chi connectivity index (χ0) is 16.9. The van der Waals surface area contributed by atoms with Gasteiger partial charge in [0.05, 0.1) is 31.8 Å². The highest BCUT2D eigenvalue weighted by Crippen LogP contribution is 1.93. The first-order valence-corrected chi connectivity index (χ1v) is 6.06. The fraction of sp³-hybridized carbons (Fsp3) is 0.692. The van der Waals surface area contributed by atoms with Crippen molar-refractivity contribution in [3.05, 3.63) is 0 Å². The van der Waals surface area contributed by atoms with E-state index in [-0.39, 0.29) is 18.8 Å². The van der Waals surface area contributed by atoms with Crippen molar-refractivity contribution in [2.24, 2.45) is 0 Å². The number of ketones is 1. The molecule has 0 amide bonds. The third-order valence-corrected chi connectivity index (χ3v) is 1.61. The van der Waals surface area contributed by atoms with Gasteiger partial charge in [-0.25, -0.2) is 0 Å². The lowest BCUT2D eigenvalue weighted by Crippen LogP contribution is -1.98. The second-order valence-electron chi connectivity index (χ2n) is 3.41. The maximum Gasteiger partial charge on any atom is 0.317 e. The Balaban J connectivity index is -0.000000252. The van der Waals surface area contributed by atoms with E-state index in [9.17, 15) is 9.59 Å². The van der Waals surface area contributed by atoms with E-state index in [0.29, 0.717) is 19.6 Å². The molecule has 0 radical (unpaired) electrons. The van der Waals surface area contributed by atoms with Crippen molar-refractivity contribution in [2.75, 3.05) is 34.0 Å². The molecule has 0 saturated heterocycles. The fourth-order valence-electron chi connectivity index (χ4n) is 0.749. The molecule has 0 heterocycles. The van der Waals surface area contributed by atoms with E-state index >= 15 is 0 Å². The standard InChI is InChI=1S/C7H11NO2.C3H3NO2.C3H8O2/c1-10-6-2-3-7(9)4-5-8;4-2-1-3(5)6;1-5-3-2-4/h2-4,6H2,1H3;1H2,(H,5,6);4H,2-3H2,1H3. The molecule has 8 nitrogen and oxygen atoms in total. The van der Waals surface area contributed by atoms with E-state index in [1.54, 1.807) is 20.3 Å². The number of carboxylic acid groups (broad SMARTS) is 1. The van der Waals surface area contributed by atoms with Crippen LogP contribution in [0.5, 0.6) is 0 Å². The molecule has 0 aromatic carbocycles. The highest BCUT2D eigenvalue weighted by molar-refractivity contribution is 5.80. The molecule has 21 heavy (non-hydrogen) atoms. The van der Waals surface area contributed by atoms with Crippen LogP contribution in [0.25, 0.3) is 0 Å². The van der Waals surface area contributed by atoms with Crippen LogP contribution in [0.15, 0.2) is 0 Å². The number of hydrogen-bond acceptors (Lipinski definition) is 7. The number of methoxy groups -OCH3 is 2. The number of nitrogens with zero attached hydrogens (tertiary/aromatic N) is 2. The number of hydrogen-bond donors (Lipinski definition) is 2. The fourth-order valence-corrected chi connectivity index (χ4v) is 0.749. The summed E-state index contributed by atoms with van der Waals surface area (Å²) in [6.45, 7) is 1.16. The van der Waals surface area contributed by atoms with E-state index in [0.717, 1.165) is 6.42 Å². The molecule has 8 heteroatoms. The molecule has 2 N–H and O–H groups in total. The van der Waals surface area contributed by atoms with Gasteiger partial charge in [-0.15, -0.1) is 0 Å². The summed E-state index contributed by atoms with van der Waals surface area (Å²) in [6, 6.07) is 3.27. The van der Waals surface area contributed by atoms with Crippen LogP contribution in [-0.4, -0.2) is 56.0 Å². The number of carbonyl (C=O) groups is 2. The zero-order valence-electron chi connectivity index (χ0n) is 12.4. The van der Waals surface area contributed by atoms with Crippen LogP contribution in [0.4, 0.5) is 0 Å². The minimum Gasteiger partial charge on any atom is -0.480 e. The quantitative estimate of drug-likeness (QED) is 0.618. The number of rotatable bonds is 8. The minimum atomic E-state index is -1.07. The number of Topliss-reactive ketones (excluding diaryl/α,β-unsaturated/α-hetero) is 1. The Labute approximate surface area is 124 Å². The molecule has 0 spiro atoms. The van der Waals surface area contributed by atoms with E-state index in [1.807, 2.05) is 0 Å². The molecule has 0 aliphatic heterocycles. The Morgan fingerprint density at radius 1 is 1.05 bits per heavy atom. The van der Waals surface area contributed by atoms with Gasteiger partial charge in [0.25, 0.3) is 0 Å². The van der Waals surface area contributed by atoms with Crippen molar-refractivity contribution in [1.29, 1.82) is 10.5 Å². The molecule has 0 bridgehead atoms. The van der Waals surface area contributed by atoms with Gasteiger partial charge in [-0.2, -0.15) is 10.5 Å². The van der Waals surface area contributed by atoms with Crippen molar-refractivity contribution < 1.29 is 29.3 Å². The Bertz CT molecular complexity index is 331. The van der Waals surface area contributed by atoms with Crippen LogP contribution in [0, 0.1) is 22.7 Å². The summed E-state index contributed by atoms with van der Waals surface area (Å²) in [4.78, 5) is 20.0. The normalized spacial score (nSPS) is 8.05. The Hall–Kier alpha value is -2.00. The van der Waals surface area contributed by atoms with Gasteiger partial charge in [0.1, 0.15) is 12.2 Å². The number of aliphatic hydroxyl groups is 1. The first-order chi connectivity index (χ1) is 9.99. The van der Waals surface area contributed by atoms with E-state index in [2.05, 4.69) is 4.74 Å². The SMILES string of the molecule is COCCCC(=O)CC#N.COCCO.N#CCC(=O)O. The molecule has 0 rings (SSSR count). The maximum atomic E-state index is 10.6. The van der Waals surface area contributed by atoms with Crippen molar-refractivity contribution in [2.45, 2.75) is 25.7 Å². The lowest BCUT2D eigenvalue weighted by Gasteiger charge is -1.94. The highest BCUT2D eigenvalue weighted by Gasteiger charge is 1.98. The van der Waals surface area contributed by atoms with Gasteiger partial charge in [0.15, 0.2) is 0 Å². The van der Waals surface area contributed by atoms with Crippen LogP contribution in [0.2, 0.25) is 0 Å². The van der Waals surface area contributed by atoms with Gasteiger partial charge >= 0.3 is 5.97 Å². The van der Waals surface area contributed by atoms with Crippen molar-refractivity contribution in [3.63, 3.8) is 0 Å². The smallest absolute Gasteiger partial charge is 0.317 e. The topological polar surface area (TPSA) is 141 Å². The Morgan fingerprint density at radius 2 is 1.57 bits per heavy atom. The second kappa shape index (κ2) is 23.1. The highest BCUT2D eigenvalue weighted by atomic mass is 16.5. The molecule has 0 aliphatic rings. The summed E-state index contributed by atoms with van der Waals surface area (Å²) in [5.41, 5.74) is 0. The summed E-state index contributed by atoms with van der Waals surface area (Å²) in [7, 11) is 3.14. The molecule has 0 unspecified atom stereocenters. The van der Waals surface area contributed by atoms with E-state index < -0.39 is 12.4 Å². The van der Waals surface area contributed by atoms with Gasteiger partial charge in [0, 0.05) is 27.2 Å². The molecule has 0 atom stereocenters. The molecule has 0 aliphatic carbocycles. The summed E-state index contributed by atoms with van der Waals surface area (Å²) < 4.78 is 9.18. The average Bonchev–Trinajstić information content (AvgIpc) is 2.41. The largest absolute Gasteiger partial charge is 0.480 e. The average molecular weight is 302 g/mol. The molecule has 0 fully saturated rings. The molecular formula is C13H22N2O6. The van der Waals surface area contributed by atoms with Crippen molar-refractivity contribution in [3.8, 4) is 12.1 Å². The van der Waals surface area contributed by atoms with Gasteiger partial charge in [0.2, 0.25) is 0 Å².